The first-order chi connectivity index (χ1) is 15.4. The van der Waals surface area contributed by atoms with Crippen molar-refractivity contribution < 1.29 is 22.9 Å². The van der Waals surface area contributed by atoms with Gasteiger partial charge in [-0.05, 0) is 32.0 Å². The number of aryl methyl sites for hydroxylation is 2. The zero-order valence-corrected chi connectivity index (χ0v) is 19.0. The maximum Gasteiger partial charge on any atom is 0.436 e. The number of alkyl halides is 3. The van der Waals surface area contributed by atoms with Gasteiger partial charge in [-0.15, -0.1) is 0 Å². The predicted octanol–water partition coefficient (Wildman–Crippen LogP) is 6.26. The van der Waals surface area contributed by atoms with Gasteiger partial charge in [0.15, 0.2) is 5.69 Å². The van der Waals surface area contributed by atoms with Crippen molar-refractivity contribution >= 4 is 40.6 Å². The van der Waals surface area contributed by atoms with Crippen LogP contribution in [-0.2, 0) is 17.5 Å². The summed E-state index contributed by atoms with van der Waals surface area (Å²) in [5.74, 6) is -0.540. The summed E-state index contributed by atoms with van der Waals surface area (Å²) in [5, 5.41) is 16.8. The average molecular weight is 499 g/mol. The zero-order valence-electron chi connectivity index (χ0n) is 17.4. The van der Waals surface area contributed by atoms with Crippen LogP contribution in [0.2, 0.25) is 5.02 Å². The molecule has 0 aliphatic heterocycles. The standard InChI is InChI=1S/C21H18ClF3N4O3S/c1-12-3-5-16(6-4-12)33-17-10-14(9-15(11-17)29(31)32)26-18(30)7-8-28-13(2)19(22)20(27-28)21(23,24)25/h3-6,9-11H,7-8H2,1-2H3,(H,26,30). The van der Waals surface area contributed by atoms with Crippen molar-refractivity contribution in [3.05, 3.63) is 74.6 Å². The monoisotopic (exact) mass is 498 g/mol. The smallest absolute Gasteiger partial charge is 0.326 e. The van der Waals surface area contributed by atoms with Gasteiger partial charge in [-0.3, -0.25) is 19.6 Å². The van der Waals surface area contributed by atoms with E-state index in [9.17, 15) is 28.1 Å². The number of benzene rings is 2. The fourth-order valence-corrected chi connectivity index (χ4v) is 4.07. The van der Waals surface area contributed by atoms with Crippen LogP contribution in [0.1, 0.15) is 23.4 Å². The molecule has 2 aromatic carbocycles. The quantitative estimate of drug-likeness (QED) is 0.306. The van der Waals surface area contributed by atoms with Crippen molar-refractivity contribution in [3.63, 3.8) is 0 Å². The number of nitrogens with one attached hydrogen (secondary N) is 1. The highest BCUT2D eigenvalue weighted by Crippen LogP contribution is 2.35. The maximum absolute atomic E-state index is 12.9. The average Bonchev–Trinajstić information content (AvgIpc) is 3.02. The first-order valence-electron chi connectivity index (χ1n) is 9.58. The molecular formula is C21H18ClF3N4O3S. The Morgan fingerprint density at radius 2 is 1.85 bits per heavy atom. The van der Waals surface area contributed by atoms with Gasteiger partial charge in [0.25, 0.3) is 5.69 Å². The van der Waals surface area contributed by atoms with E-state index in [0.717, 1.165) is 15.1 Å². The molecule has 0 bridgehead atoms. The van der Waals surface area contributed by atoms with E-state index in [-0.39, 0.29) is 30.0 Å². The third-order valence-electron chi connectivity index (χ3n) is 4.60. The van der Waals surface area contributed by atoms with Crippen molar-refractivity contribution in [3.8, 4) is 0 Å². The molecule has 1 heterocycles. The summed E-state index contributed by atoms with van der Waals surface area (Å²) in [6.07, 6.45) is -4.91. The lowest BCUT2D eigenvalue weighted by molar-refractivity contribution is -0.385. The molecule has 33 heavy (non-hydrogen) atoms. The minimum Gasteiger partial charge on any atom is -0.326 e. The van der Waals surface area contributed by atoms with Gasteiger partial charge in [0.2, 0.25) is 5.91 Å². The van der Waals surface area contributed by atoms with Gasteiger partial charge in [0.05, 0.1) is 22.2 Å². The third kappa shape index (κ3) is 6.26. The minimum absolute atomic E-state index is 0.0870. The number of hydrogen-bond acceptors (Lipinski definition) is 5. The van der Waals surface area contributed by atoms with Crippen LogP contribution in [0.4, 0.5) is 24.5 Å². The van der Waals surface area contributed by atoms with E-state index in [1.807, 2.05) is 31.2 Å². The van der Waals surface area contributed by atoms with Crippen LogP contribution in [0, 0.1) is 24.0 Å². The van der Waals surface area contributed by atoms with E-state index in [4.69, 9.17) is 11.6 Å². The normalized spacial score (nSPS) is 11.5. The number of aromatic nitrogens is 2. The first kappa shape index (κ1) is 24.6. The molecule has 0 spiro atoms. The second-order valence-corrected chi connectivity index (χ2v) is 8.68. The molecule has 3 aromatic rings. The number of rotatable bonds is 7. The van der Waals surface area contributed by atoms with E-state index in [2.05, 4.69) is 10.4 Å². The van der Waals surface area contributed by atoms with Gasteiger partial charge < -0.3 is 5.32 Å². The summed E-state index contributed by atoms with van der Waals surface area (Å²) < 4.78 is 39.9. The summed E-state index contributed by atoms with van der Waals surface area (Å²) in [7, 11) is 0. The van der Waals surface area contributed by atoms with Crippen molar-refractivity contribution in [2.45, 2.75) is 42.8 Å². The molecule has 1 aromatic heterocycles. The van der Waals surface area contributed by atoms with E-state index >= 15 is 0 Å². The first-order valence-corrected chi connectivity index (χ1v) is 10.8. The van der Waals surface area contributed by atoms with E-state index < -0.39 is 27.7 Å². The number of carbonyl (C=O) groups is 1. The van der Waals surface area contributed by atoms with Crippen LogP contribution >= 0.6 is 23.4 Å². The van der Waals surface area contributed by atoms with E-state index in [0.29, 0.717) is 4.90 Å². The SMILES string of the molecule is Cc1ccc(Sc2cc(NC(=O)CCn3nc(C(F)(F)F)c(Cl)c3C)cc([N+](=O)[O-])c2)cc1. The number of nitrogens with zero attached hydrogens (tertiary/aromatic N) is 3. The van der Waals surface area contributed by atoms with Crippen LogP contribution in [-0.4, -0.2) is 20.6 Å². The van der Waals surface area contributed by atoms with Gasteiger partial charge in [-0.25, -0.2) is 0 Å². The minimum atomic E-state index is -4.70. The maximum atomic E-state index is 12.9. The number of amides is 1. The Hall–Kier alpha value is -3.05. The Labute approximate surface area is 196 Å². The highest BCUT2D eigenvalue weighted by atomic mass is 35.5. The number of carbonyl (C=O) groups excluding carboxylic acids is 1. The van der Waals surface area contributed by atoms with E-state index in [1.54, 1.807) is 6.07 Å². The molecule has 0 saturated carbocycles. The lowest BCUT2D eigenvalue weighted by Crippen LogP contribution is -2.16. The van der Waals surface area contributed by atoms with Gasteiger partial charge in [-0.1, -0.05) is 41.1 Å². The number of hydrogen-bond donors (Lipinski definition) is 1. The summed E-state index contributed by atoms with van der Waals surface area (Å²) in [6.45, 7) is 3.17. The number of nitro benzene ring substituents is 1. The van der Waals surface area contributed by atoms with Crippen molar-refractivity contribution in [1.29, 1.82) is 0 Å². The molecule has 1 N–H and O–H groups in total. The molecule has 0 aliphatic rings. The van der Waals surface area contributed by atoms with Gasteiger partial charge in [0.1, 0.15) is 0 Å². The summed E-state index contributed by atoms with van der Waals surface area (Å²) in [5.41, 5.74) is -0.0493. The summed E-state index contributed by atoms with van der Waals surface area (Å²) in [4.78, 5) is 24.6. The van der Waals surface area contributed by atoms with Crippen molar-refractivity contribution in [2.75, 3.05) is 5.32 Å². The Morgan fingerprint density at radius 3 is 2.42 bits per heavy atom. The second-order valence-electron chi connectivity index (χ2n) is 7.15. The summed E-state index contributed by atoms with van der Waals surface area (Å²) in [6, 6.07) is 11.8. The molecule has 0 aliphatic carbocycles. The molecule has 0 unspecified atom stereocenters. The second kappa shape index (κ2) is 9.84. The van der Waals surface area contributed by atoms with Crippen molar-refractivity contribution in [1.82, 2.24) is 9.78 Å². The van der Waals surface area contributed by atoms with E-state index in [1.165, 1.54) is 30.8 Å². The molecule has 174 valence electrons. The van der Waals surface area contributed by atoms with Crippen LogP contribution in [0.25, 0.3) is 0 Å². The fraction of sp³-hybridized carbons (Fsp3) is 0.238. The Balaban J connectivity index is 1.73. The number of halogens is 4. The Morgan fingerprint density at radius 1 is 1.18 bits per heavy atom. The predicted molar refractivity (Wildman–Crippen MR) is 119 cm³/mol. The van der Waals surface area contributed by atoms with Crippen LogP contribution in [0.15, 0.2) is 52.3 Å². The molecule has 12 heteroatoms. The van der Waals surface area contributed by atoms with Gasteiger partial charge in [-0.2, -0.15) is 18.3 Å². The van der Waals surface area contributed by atoms with Crippen LogP contribution in [0.5, 0.6) is 0 Å². The van der Waals surface area contributed by atoms with Gasteiger partial charge >= 0.3 is 6.18 Å². The number of non-ortho nitro benzene ring substituents is 1. The zero-order chi connectivity index (χ0) is 24.3. The molecule has 0 fully saturated rings. The molecule has 1 amide bonds. The molecule has 3 rings (SSSR count). The lowest BCUT2D eigenvalue weighted by atomic mass is 10.2. The molecular weight excluding hydrogens is 481 g/mol. The van der Waals surface area contributed by atoms with Crippen LogP contribution in [0.3, 0.4) is 0 Å². The molecule has 7 nitrogen and oxygen atoms in total. The Bertz CT molecular complexity index is 1200. The number of anilines is 1. The lowest BCUT2D eigenvalue weighted by Gasteiger charge is -2.09. The molecule has 0 radical (unpaired) electrons. The third-order valence-corrected chi connectivity index (χ3v) is 6.03. The highest BCUT2D eigenvalue weighted by molar-refractivity contribution is 7.99. The van der Waals surface area contributed by atoms with Gasteiger partial charge in [0, 0.05) is 34.0 Å². The topological polar surface area (TPSA) is 90.1 Å². The fourth-order valence-electron chi connectivity index (χ4n) is 2.92. The van der Waals surface area contributed by atoms with Crippen LogP contribution < -0.4 is 5.32 Å². The number of nitro groups is 1. The molecule has 0 atom stereocenters. The summed E-state index contributed by atoms with van der Waals surface area (Å²) >= 11 is 7.01. The Kier molecular flexibility index (Phi) is 7.33. The largest absolute Gasteiger partial charge is 0.436 e. The van der Waals surface area contributed by atoms with Crippen molar-refractivity contribution in [2.24, 2.45) is 0 Å². The molecule has 0 saturated heterocycles. The highest BCUT2D eigenvalue weighted by Gasteiger charge is 2.38.